The van der Waals surface area contributed by atoms with Gasteiger partial charge in [-0.25, -0.2) is 0 Å². The van der Waals surface area contributed by atoms with Crippen molar-refractivity contribution >= 4 is 17.7 Å². The van der Waals surface area contributed by atoms with E-state index in [9.17, 15) is 14.4 Å². The third-order valence-electron chi connectivity index (χ3n) is 5.68. The molecule has 0 aromatic rings. The van der Waals surface area contributed by atoms with Crippen molar-refractivity contribution in [1.82, 2.24) is 9.80 Å². The Hall–Kier alpha value is -1.39. The molecular formula is C19H32N2O3. The summed E-state index contributed by atoms with van der Waals surface area (Å²) in [6.45, 7) is 7.27. The molecule has 2 aliphatic rings. The average molecular weight is 336 g/mol. The van der Waals surface area contributed by atoms with Gasteiger partial charge >= 0.3 is 0 Å². The molecule has 1 saturated heterocycles. The van der Waals surface area contributed by atoms with E-state index in [-0.39, 0.29) is 48.6 Å². The standard InChI is InChI=1S/C19H32N2O3/c1-4-6-12-20(14(3)5-2)17(22)11-13-21-18(23)15-9-7-8-10-16(15)19(21)24/h14-16H,4-13H2,1-3H3. The Morgan fingerprint density at radius 2 is 1.75 bits per heavy atom. The molecule has 2 fully saturated rings. The number of rotatable bonds is 8. The minimum Gasteiger partial charge on any atom is -0.340 e. The number of unbranched alkanes of at least 4 members (excludes halogenated alkanes) is 1. The molecule has 0 aromatic carbocycles. The van der Waals surface area contributed by atoms with Gasteiger partial charge < -0.3 is 4.90 Å². The van der Waals surface area contributed by atoms with Crippen LogP contribution in [0.25, 0.3) is 0 Å². The first-order valence-electron chi connectivity index (χ1n) is 9.65. The van der Waals surface area contributed by atoms with Gasteiger partial charge in [-0.15, -0.1) is 0 Å². The van der Waals surface area contributed by atoms with Gasteiger partial charge in [-0.05, 0) is 32.6 Å². The predicted octanol–water partition coefficient (Wildman–Crippen LogP) is 2.98. The van der Waals surface area contributed by atoms with Crippen LogP contribution in [0.5, 0.6) is 0 Å². The number of hydrogen-bond donors (Lipinski definition) is 0. The highest BCUT2D eigenvalue weighted by Gasteiger charge is 2.47. The van der Waals surface area contributed by atoms with Crippen molar-refractivity contribution in [2.24, 2.45) is 11.8 Å². The molecule has 1 aliphatic heterocycles. The van der Waals surface area contributed by atoms with Crippen LogP contribution in [0.1, 0.15) is 72.1 Å². The minimum absolute atomic E-state index is 0.0406. The molecule has 24 heavy (non-hydrogen) atoms. The molecule has 0 N–H and O–H groups in total. The fourth-order valence-corrected chi connectivity index (χ4v) is 3.94. The summed E-state index contributed by atoms with van der Waals surface area (Å²) < 4.78 is 0. The number of hydrogen-bond acceptors (Lipinski definition) is 3. The van der Waals surface area contributed by atoms with Crippen molar-refractivity contribution in [3.8, 4) is 0 Å². The van der Waals surface area contributed by atoms with Gasteiger partial charge in [0, 0.05) is 25.6 Å². The molecule has 0 aromatic heterocycles. The molecule has 136 valence electrons. The smallest absolute Gasteiger partial charge is 0.233 e. The highest BCUT2D eigenvalue weighted by molar-refractivity contribution is 6.05. The summed E-state index contributed by atoms with van der Waals surface area (Å²) in [5.41, 5.74) is 0. The lowest BCUT2D eigenvalue weighted by Crippen LogP contribution is -2.41. The second kappa shape index (κ2) is 8.63. The van der Waals surface area contributed by atoms with Gasteiger partial charge in [0.2, 0.25) is 17.7 Å². The Morgan fingerprint density at radius 1 is 1.17 bits per heavy atom. The van der Waals surface area contributed by atoms with E-state index in [2.05, 4.69) is 20.8 Å². The number of imide groups is 1. The third kappa shape index (κ3) is 3.98. The summed E-state index contributed by atoms with van der Waals surface area (Å²) in [5, 5.41) is 0. The number of likely N-dealkylation sites (tertiary alicyclic amines) is 1. The summed E-state index contributed by atoms with van der Waals surface area (Å²) >= 11 is 0. The van der Waals surface area contributed by atoms with Crippen molar-refractivity contribution in [3.63, 3.8) is 0 Å². The summed E-state index contributed by atoms with van der Waals surface area (Å²) in [4.78, 5) is 40.8. The minimum atomic E-state index is -0.118. The molecule has 1 saturated carbocycles. The molecule has 0 bridgehead atoms. The average Bonchev–Trinajstić information content (AvgIpc) is 2.84. The lowest BCUT2D eigenvalue weighted by atomic mass is 9.81. The van der Waals surface area contributed by atoms with Crippen LogP contribution in [-0.4, -0.2) is 46.7 Å². The van der Waals surface area contributed by atoms with Crippen molar-refractivity contribution < 1.29 is 14.4 Å². The van der Waals surface area contributed by atoms with Crippen molar-refractivity contribution in [2.75, 3.05) is 13.1 Å². The second-order valence-corrected chi connectivity index (χ2v) is 7.27. The van der Waals surface area contributed by atoms with Crippen LogP contribution < -0.4 is 0 Å². The summed E-state index contributed by atoms with van der Waals surface area (Å²) in [7, 11) is 0. The molecule has 5 heteroatoms. The fraction of sp³-hybridized carbons (Fsp3) is 0.842. The molecule has 0 radical (unpaired) electrons. The molecule has 5 nitrogen and oxygen atoms in total. The van der Waals surface area contributed by atoms with E-state index < -0.39 is 0 Å². The van der Waals surface area contributed by atoms with Crippen LogP contribution in [0.15, 0.2) is 0 Å². The van der Waals surface area contributed by atoms with Gasteiger partial charge in [-0.3, -0.25) is 19.3 Å². The van der Waals surface area contributed by atoms with Crippen molar-refractivity contribution in [1.29, 1.82) is 0 Å². The predicted molar refractivity (Wildman–Crippen MR) is 93.2 cm³/mol. The first-order valence-corrected chi connectivity index (χ1v) is 9.65. The van der Waals surface area contributed by atoms with Crippen LogP contribution in [0.4, 0.5) is 0 Å². The summed E-state index contributed by atoms with van der Waals surface area (Å²) in [6, 6.07) is 0.205. The van der Waals surface area contributed by atoms with Gasteiger partial charge in [0.1, 0.15) is 0 Å². The quantitative estimate of drug-likeness (QED) is 0.640. The molecule has 0 spiro atoms. The van der Waals surface area contributed by atoms with Gasteiger partial charge in [0.15, 0.2) is 0 Å². The first kappa shape index (κ1) is 18.9. The SMILES string of the molecule is CCCCN(C(=O)CCN1C(=O)C2CCCCC2C1=O)C(C)CC. The maximum atomic E-state index is 12.6. The van der Waals surface area contributed by atoms with Crippen molar-refractivity contribution in [2.45, 2.75) is 78.2 Å². The highest BCUT2D eigenvalue weighted by atomic mass is 16.2. The zero-order valence-electron chi connectivity index (χ0n) is 15.4. The van der Waals surface area contributed by atoms with Crippen LogP contribution in [0.2, 0.25) is 0 Å². The Labute approximate surface area is 145 Å². The summed E-state index contributed by atoms with van der Waals surface area (Å²) in [5.74, 6) is -0.255. The van der Waals surface area contributed by atoms with Gasteiger partial charge in [0.05, 0.1) is 11.8 Å². The lowest BCUT2D eigenvalue weighted by molar-refractivity contribution is -0.141. The molecular weight excluding hydrogens is 304 g/mol. The van der Waals surface area contributed by atoms with Crippen LogP contribution in [-0.2, 0) is 14.4 Å². The summed E-state index contributed by atoms with van der Waals surface area (Å²) in [6.07, 6.45) is 6.93. The zero-order valence-corrected chi connectivity index (χ0v) is 15.4. The van der Waals surface area contributed by atoms with E-state index in [1.54, 1.807) is 0 Å². The number of fused-ring (bicyclic) bond motifs is 1. The maximum Gasteiger partial charge on any atom is 0.233 e. The van der Waals surface area contributed by atoms with Gasteiger partial charge in [-0.1, -0.05) is 33.1 Å². The Morgan fingerprint density at radius 3 is 2.25 bits per heavy atom. The second-order valence-electron chi connectivity index (χ2n) is 7.27. The van der Waals surface area contributed by atoms with E-state index >= 15 is 0 Å². The molecule has 1 heterocycles. The van der Waals surface area contributed by atoms with E-state index in [4.69, 9.17) is 0 Å². The van der Waals surface area contributed by atoms with Gasteiger partial charge in [0.25, 0.3) is 0 Å². The monoisotopic (exact) mass is 336 g/mol. The topological polar surface area (TPSA) is 57.7 Å². The molecule has 3 unspecified atom stereocenters. The highest BCUT2D eigenvalue weighted by Crippen LogP contribution is 2.38. The van der Waals surface area contributed by atoms with E-state index in [1.807, 2.05) is 4.90 Å². The van der Waals surface area contributed by atoms with E-state index in [0.717, 1.165) is 51.5 Å². The molecule has 3 atom stereocenters. The fourth-order valence-electron chi connectivity index (χ4n) is 3.94. The third-order valence-corrected chi connectivity index (χ3v) is 5.68. The molecule has 3 amide bonds. The number of nitrogens with zero attached hydrogens (tertiary/aromatic N) is 2. The van der Waals surface area contributed by atoms with Crippen molar-refractivity contribution in [3.05, 3.63) is 0 Å². The Balaban J connectivity index is 1.94. The van der Waals surface area contributed by atoms with Crippen LogP contribution in [0.3, 0.4) is 0 Å². The van der Waals surface area contributed by atoms with Crippen LogP contribution >= 0.6 is 0 Å². The van der Waals surface area contributed by atoms with E-state index in [0.29, 0.717) is 0 Å². The Bertz CT molecular complexity index is 453. The van der Waals surface area contributed by atoms with Crippen LogP contribution in [0, 0.1) is 11.8 Å². The maximum absolute atomic E-state index is 12.6. The Kier molecular flexibility index (Phi) is 6.81. The zero-order chi connectivity index (χ0) is 17.7. The van der Waals surface area contributed by atoms with E-state index in [1.165, 1.54) is 4.90 Å². The first-order chi connectivity index (χ1) is 11.5. The lowest BCUT2D eigenvalue weighted by Gasteiger charge is -2.29. The van der Waals surface area contributed by atoms with Gasteiger partial charge in [-0.2, -0.15) is 0 Å². The molecule has 1 aliphatic carbocycles. The molecule has 2 rings (SSSR count). The normalized spacial score (nSPS) is 24.9. The number of carbonyl (C=O) groups is 3. The largest absolute Gasteiger partial charge is 0.340 e. The number of amides is 3. The number of carbonyl (C=O) groups excluding carboxylic acids is 3.